The second-order valence-corrected chi connectivity index (χ2v) is 10.2. The highest BCUT2D eigenvalue weighted by atomic mass is 16.7. The fourth-order valence-corrected chi connectivity index (χ4v) is 6.18. The minimum atomic E-state index is -0.829. The molecule has 214 valence electrons. The van der Waals surface area contributed by atoms with Crippen molar-refractivity contribution in [2.75, 3.05) is 34.7 Å². The van der Waals surface area contributed by atoms with Gasteiger partial charge in [0.05, 0.1) is 51.1 Å². The van der Waals surface area contributed by atoms with Crippen molar-refractivity contribution in [3.63, 3.8) is 0 Å². The maximum atomic E-state index is 13.5. The molecule has 11 nitrogen and oxygen atoms in total. The number of esters is 2. The zero-order chi connectivity index (χ0) is 29.0. The minimum absolute atomic E-state index is 0.0547. The molecular formula is C31H26N2O9. The Hall–Kier alpha value is -5.06. The van der Waals surface area contributed by atoms with Gasteiger partial charge in [-0.15, -0.1) is 0 Å². The van der Waals surface area contributed by atoms with Crippen LogP contribution < -0.4 is 23.7 Å². The monoisotopic (exact) mass is 570 g/mol. The molecule has 11 heteroatoms. The molecular weight excluding hydrogens is 544 g/mol. The lowest BCUT2D eigenvalue weighted by molar-refractivity contribution is -0.141. The average Bonchev–Trinajstić information content (AvgIpc) is 3.65. The Bertz CT molecular complexity index is 1710. The first-order valence-corrected chi connectivity index (χ1v) is 13.3. The smallest absolute Gasteiger partial charge is 0.359 e. The molecule has 0 N–H and O–H groups in total. The maximum absolute atomic E-state index is 13.5. The highest BCUT2D eigenvalue weighted by Crippen LogP contribution is 2.56. The van der Waals surface area contributed by atoms with Crippen LogP contribution in [-0.4, -0.2) is 56.6 Å². The van der Waals surface area contributed by atoms with Gasteiger partial charge in [0.25, 0.3) is 0 Å². The zero-order valence-electron chi connectivity index (χ0n) is 23.0. The second-order valence-electron chi connectivity index (χ2n) is 10.2. The second kappa shape index (κ2) is 10.1. The van der Waals surface area contributed by atoms with Crippen molar-refractivity contribution in [1.82, 2.24) is 9.97 Å². The summed E-state index contributed by atoms with van der Waals surface area (Å²) in [5.41, 5.74) is 3.44. The number of aromatic nitrogens is 2. The molecule has 4 atom stereocenters. The van der Waals surface area contributed by atoms with Crippen molar-refractivity contribution < 1.29 is 42.7 Å². The molecule has 7 rings (SSSR count). The van der Waals surface area contributed by atoms with E-state index in [1.54, 1.807) is 6.07 Å². The van der Waals surface area contributed by atoms with Gasteiger partial charge in [-0.25, -0.2) is 9.78 Å². The van der Waals surface area contributed by atoms with Crippen LogP contribution in [0, 0.1) is 11.8 Å². The first-order valence-electron chi connectivity index (χ1n) is 13.3. The molecule has 3 aliphatic rings. The summed E-state index contributed by atoms with van der Waals surface area (Å²) in [6.07, 6.45) is 0.561. The van der Waals surface area contributed by atoms with Crippen molar-refractivity contribution in [2.45, 2.75) is 12.0 Å². The Morgan fingerprint density at radius 2 is 1.57 bits per heavy atom. The number of methoxy groups -OCH3 is 3. The lowest BCUT2D eigenvalue weighted by Crippen LogP contribution is -2.36. The molecule has 0 amide bonds. The van der Waals surface area contributed by atoms with Crippen molar-refractivity contribution in [2.24, 2.45) is 11.8 Å². The standard InChI is InChI=1S/C31H26N2O9/c1-36-24-8-15(9-25(37-2)29(24)38-3)26-16-10-22-23(41-14-40-22)11-17(16)28(18-13-39-31(35)27(18)26)42-30(34)21-12-32-19-6-4-5-7-20(19)33-21/h4-12,18,26-28H,13-14H2,1-3H3/t18-,26+,27-,28-/m0/s1. The van der Waals surface area contributed by atoms with E-state index in [2.05, 4.69) is 9.97 Å². The molecule has 4 aromatic rings. The molecule has 0 unspecified atom stereocenters. The summed E-state index contributed by atoms with van der Waals surface area (Å²) in [5.74, 6) is -0.360. The van der Waals surface area contributed by atoms with Gasteiger partial charge in [-0.2, -0.15) is 0 Å². The normalized spacial score (nSPS) is 21.7. The molecule has 0 saturated carbocycles. The number of ether oxygens (including phenoxy) is 7. The van der Waals surface area contributed by atoms with E-state index in [4.69, 9.17) is 33.2 Å². The van der Waals surface area contributed by atoms with E-state index < -0.39 is 35.8 Å². The minimum Gasteiger partial charge on any atom is -0.493 e. The Kier molecular flexibility index (Phi) is 6.22. The van der Waals surface area contributed by atoms with Gasteiger partial charge in [0.2, 0.25) is 12.5 Å². The van der Waals surface area contributed by atoms with Gasteiger partial charge in [0, 0.05) is 17.4 Å². The molecule has 1 aliphatic carbocycles. The summed E-state index contributed by atoms with van der Waals surface area (Å²) in [5, 5.41) is 0. The summed E-state index contributed by atoms with van der Waals surface area (Å²) in [7, 11) is 4.59. The van der Waals surface area contributed by atoms with E-state index in [0.29, 0.717) is 45.3 Å². The molecule has 1 fully saturated rings. The van der Waals surface area contributed by atoms with Gasteiger partial charge >= 0.3 is 11.9 Å². The summed E-state index contributed by atoms with van der Waals surface area (Å²) < 4.78 is 39.9. The quantitative estimate of drug-likeness (QED) is 0.310. The molecule has 0 spiro atoms. The van der Waals surface area contributed by atoms with Gasteiger partial charge in [-0.05, 0) is 47.5 Å². The number of nitrogens with zero attached hydrogens (tertiary/aromatic N) is 2. The van der Waals surface area contributed by atoms with Crippen LogP contribution >= 0.6 is 0 Å². The van der Waals surface area contributed by atoms with Gasteiger partial charge < -0.3 is 33.2 Å². The van der Waals surface area contributed by atoms with E-state index in [1.165, 1.54) is 27.5 Å². The van der Waals surface area contributed by atoms with Crippen molar-refractivity contribution in [3.05, 3.63) is 77.1 Å². The first-order chi connectivity index (χ1) is 20.5. The molecule has 42 heavy (non-hydrogen) atoms. The average molecular weight is 571 g/mol. The summed E-state index contributed by atoms with van der Waals surface area (Å²) >= 11 is 0. The lowest BCUT2D eigenvalue weighted by atomic mass is 9.66. The molecule has 0 radical (unpaired) electrons. The predicted octanol–water partition coefficient (Wildman–Crippen LogP) is 4.22. The predicted molar refractivity (Wildman–Crippen MR) is 146 cm³/mol. The van der Waals surface area contributed by atoms with Crippen LogP contribution in [0.4, 0.5) is 0 Å². The van der Waals surface area contributed by atoms with Gasteiger partial charge in [0.1, 0.15) is 6.10 Å². The van der Waals surface area contributed by atoms with Crippen LogP contribution in [0.5, 0.6) is 28.7 Å². The highest BCUT2D eigenvalue weighted by molar-refractivity contribution is 5.90. The number of carbonyl (C=O) groups excluding carboxylic acids is 2. The number of hydrogen-bond acceptors (Lipinski definition) is 11. The summed E-state index contributed by atoms with van der Waals surface area (Å²) in [6.45, 7) is 0.124. The number of cyclic esters (lactones) is 1. The number of para-hydroxylation sites is 2. The maximum Gasteiger partial charge on any atom is 0.359 e. The molecule has 1 saturated heterocycles. The Balaban J connectivity index is 1.36. The van der Waals surface area contributed by atoms with Crippen molar-refractivity contribution in [1.29, 1.82) is 0 Å². The van der Waals surface area contributed by atoms with Gasteiger partial charge in [-0.3, -0.25) is 9.78 Å². The lowest BCUT2D eigenvalue weighted by Gasteiger charge is -2.38. The van der Waals surface area contributed by atoms with Gasteiger partial charge in [-0.1, -0.05) is 12.1 Å². The van der Waals surface area contributed by atoms with Gasteiger partial charge in [0.15, 0.2) is 28.7 Å². The van der Waals surface area contributed by atoms with E-state index in [9.17, 15) is 9.59 Å². The zero-order valence-corrected chi connectivity index (χ0v) is 23.0. The largest absolute Gasteiger partial charge is 0.493 e. The molecule has 2 aliphatic heterocycles. The van der Waals surface area contributed by atoms with Crippen molar-refractivity contribution in [3.8, 4) is 28.7 Å². The third-order valence-corrected chi connectivity index (χ3v) is 8.06. The van der Waals surface area contributed by atoms with E-state index in [0.717, 1.165) is 11.1 Å². The van der Waals surface area contributed by atoms with Crippen LogP contribution in [0.25, 0.3) is 11.0 Å². The molecule has 3 heterocycles. The Morgan fingerprint density at radius 3 is 2.26 bits per heavy atom. The number of rotatable bonds is 6. The highest BCUT2D eigenvalue weighted by Gasteiger charge is 2.54. The molecule has 0 bridgehead atoms. The van der Waals surface area contributed by atoms with Crippen LogP contribution in [0.3, 0.4) is 0 Å². The first kappa shape index (κ1) is 25.9. The van der Waals surface area contributed by atoms with Crippen molar-refractivity contribution >= 4 is 23.0 Å². The summed E-state index contributed by atoms with van der Waals surface area (Å²) in [6, 6.07) is 14.5. The topological polar surface area (TPSA) is 125 Å². The molecule has 3 aromatic carbocycles. The number of hydrogen-bond donors (Lipinski definition) is 0. The summed E-state index contributed by atoms with van der Waals surface area (Å²) in [4.78, 5) is 35.7. The van der Waals surface area contributed by atoms with Crippen LogP contribution in [-0.2, 0) is 14.3 Å². The number of benzene rings is 3. The third-order valence-electron chi connectivity index (χ3n) is 8.06. The van der Waals surface area contributed by atoms with Crippen LogP contribution in [0.15, 0.2) is 54.7 Å². The van der Waals surface area contributed by atoms with E-state index in [1.807, 2.05) is 42.5 Å². The SMILES string of the molecule is COc1cc([C@@H]2c3cc4c(cc3[C@H](OC(=O)c3cnc5ccccc5n3)[C@H]3COC(=O)[C@H]23)OCO4)cc(OC)c1OC. The number of carbonyl (C=O) groups is 2. The fraction of sp³-hybridized carbons (Fsp3) is 0.290. The fourth-order valence-electron chi connectivity index (χ4n) is 6.18. The van der Waals surface area contributed by atoms with E-state index in [-0.39, 0.29) is 19.1 Å². The Labute approximate surface area is 240 Å². The Morgan fingerprint density at radius 1 is 0.881 bits per heavy atom. The van der Waals surface area contributed by atoms with E-state index >= 15 is 0 Å². The van der Waals surface area contributed by atoms with Crippen LogP contribution in [0.1, 0.15) is 39.2 Å². The third kappa shape index (κ3) is 4.03. The van der Waals surface area contributed by atoms with Crippen LogP contribution in [0.2, 0.25) is 0 Å². The number of fused-ring (bicyclic) bond motifs is 4. The molecule has 1 aromatic heterocycles.